The van der Waals surface area contributed by atoms with Crippen molar-refractivity contribution in [3.63, 3.8) is 0 Å². The largest absolute Gasteiger partial charge is 3.00 e. The van der Waals surface area contributed by atoms with Crippen LogP contribution in [0, 0.1) is 19.9 Å². The number of halogens is 3. The summed E-state index contributed by atoms with van der Waals surface area (Å²) in [7, 11) is 0. The first-order chi connectivity index (χ1) is 10.4. The van der Waals surface area contributed by atoms with Crippen molar-refractivity contribution in [2.45, 2.75) is 20.0 Å². The van der Waals surface area contributed by atoms with Gasteiger partial charge in [-0.05, 0) is 0 Å². The van der Waals surface area contributed by atoms with Gasteiger partial charge in [-0.15, -0.1) is 0 Å². The fourth-order valence-corrected chi connectivity index (χ4v) is 1.51. The van der Waals surface area contributed by atoms with Crippen molar-refractivity contribution in [2.24, 2.45) is 0 Å². The van der Waals surface area contributed by atoms with E-state index in [4.69, 9.17) is 0 Å². The van der Waals surface area contributed by atoms with Gasteiger partial charge >= 0.3 is 27.9 Å². The zero-order chi connectivity index (χ0) is 16.4. The third kappa shape index (κ3) is 9.93. The van der Waals surface area contributed by atoms with Crippen molar-refractivity contribution in [1.82, 2.24) is 0 Å². The summed E-state index contributed by atoms with van der Waals surface area (Å²) in [5.74, 6) is 0. The summed E-state index contributed by atoms with van der Waals surface area (Å²) in [4.78, 5) is 0. The van der Waals surface area contributed by atoms with Gasteiger partial charge in [0, 0.05) is 0 Å². The van der Waals surface area contributed by atoms with Gasteiger partial charge in [0.15, 0.2) is 0 Å². The first-order valence-corrected chi connectivity index (χ1v) is 6.80. The normalized spacial score (nSPS) is 9.61. The van der Waals surface area contributed by atoms with Crippen LogP contribution in [0.5, 0.6) is 0 Å². The SMILES string of the molecule is C[c-]1cccc1.C[c-]1cccc1.FC(F)(F)c1[c-]cccc1.[Ti+3]. The molecule has 23 heavy (non-hydrogen) atoms. The Kier molecular flexibility index (Phi) is 10.3. The predicted molar refractivity (Wildman–Crippen MR) is 83.8 cm³/mol. The predicted octanol–water partition coefficient (Wildman–Crippen LogP) is 5.93. The summed E-state index contributed by atoms with van der Waals surface area (Å²) < 4.78 is 35.3. The standard InChI is InChI=1S/C7H4F3.2C6H7.Ti/c8-7(9,10)6-4-2-1-3-5-6;2*1-6-4-2-3-5-6;/h1-4H;2*2-5H,1H3;/q3*-1;+3. The van der Waals surface area contributed by atoms with Crippen LogP contribution in [0.15, 0.2) is 72.8 Å². The van der Waals surface area contributed by atoms with Crippen LogP contribution in [-0.4, -0.2) is 0 Å². The van der Waals surface area contributed by atoms with Crippen molar-refractivity contribution in [1.29, 1.82) is 0 Å². The first-order valence-electron chi connectivity index (χ1n) is 6.80. The Morgan fingerprint density at radius 3 is 1.39 bits per heavy atom. The van der Waals surface area contributed by atoms with Crippen LogP contribution in [-0.2, 0) is 27.9 Å². The topological polar surface area (TPSA) is 0 Å². The Hall–Kier alpha value is -1.58. The van der Waals surface area contributed by atoms with E-state index in [-0.39, 0.29) is 21.7 Å². The minimum atomic E-state index is -4.26. The van der Waals surface area contributed by atoms with Gasteiger partial charge in [-0.3, -0.25) is 0 Å². The van der Waals surface area contributed by atoms with Crippen LogP contribution in [0.4, 0.5) is 13.2 Å². The fraction of sp³-hybridized carbons (Fsp3) is 0.158. The monoisotopic (exact) mass is 351 g/mol. The Balaban J connectivity index is 0.000000325. The molecule has 119 valence electrons. The number of benzene rings is 1. The van der Waals surface area contributed by atoms with Crippen molar-refractivity contribution in [3.05, 3.63) is 95.6 Å². The number of rotatable bonds is 0. The summed E-state index contributed by atoms with van der Waals surface area (Å²) in [5, 5.41) is 0. The second-order valence-corrected chi connectivity index (χ2v) is 4.70. The van der Waals surface area contributed by atoms with E-state index in [1.807, 2.05) is 24.3 Å². The number of hydrogen-bond donors (Lipinski definition) is 0. The molecule has 0 atom stereocenters. The van der Waals surface area contributed by atoms with E-state index in [2.05, 4.69) is 44.2 Å². The zero-order valence-corrected chi connectivity index (χ0v) is 14.6. The van der Waals surface area contributed by atoms with Crippen LogP contribution >= 0.6 is 0 Å². The van der Waals surface area contributed by atoms with Gasteiger partial charge in [-0.25, -0.2) is 24.3 Å². The quantitative estimate of drug-likeness (QED) is 0.348. The maximum atomic E-state index is 11.8. The van der Waals surface area contributed by atoms with Crippen molar-refractivity contribution < 1.29 is 34.9 Å². The molecular formula is C19H18F3Ti. The Bertz CT molecular complexity index is 562. The van der Waals surface area contributed by atoms with Gasteiger partial charge in [0.25, 0.3) is 0 Å². The molecule has 3 aromatic rings. The molecule has 0 aromatic heterocycles. The molecular weight excluding hydrogens is 333 g/mol. The Morgan fingerprint density at radius 1 is 0.783 bits per heavy atom. The third-order valence-electron chi connectivity index (χ3n) is 2.67. The van der Waals surface area contributed by atoms with E-state index in [0.29, 0.717) is 0 Å². The van der Waals surface area contributed by atoms with E-state index in [1.165, 1.54) is 29.3 Å². The molecule has 0 saturated heterocycles. The average Bonchev–Trinajstić information content (AvgIpc) is 3.14. The molecule has 0 spiro atoms. The van der Waals surface area contributed by atoms with Crippen LogP contribution in [0.25, 0.3) is 0 Å². The Morgan fingerprint density at radius 2 is 1.22 bits per heavy atom. The summed E-state index contributed by atoms with van der Waals surface area (Å²) in [5.41, 5.74) is 1.96. The second kappa shape index (κ2) is 11.0. The number of aryl methyl sites for hydroxylation is 2. The van der Waals surface area contributed by atoms with E-state index >= 15 is 0 Å². The summed E-state index contributed by atoms with van der Waals surface area (Å²) >= 11 is 0. The van der Waals surface area contributed by atoms with E-state index < -0.39 is 11.7 Å². The zero-order valence-electron chi connectivity index (χ0n) is 13.1. The molecule has 0 fully saturated rings. The number of hydrogen-bond acceptors (Lipinski definition) is 0. The summed E-state index contributed by atoms with van der Waals surface area (Å²) in [6, 6.07) is 23.6. The van der Waals surface area contributed by atoms with Gasteiger partial charge in [-0.1, -0.05) is 19.4 Å². The molecule has 0 nitrogen and oxygen atoms in total. The van der Waals surface area contributed by atoms with E-state index in [0.717, 1.165) is 6.07 Å². The molecule has 0 unspecified atom stereocenters. The molecule has 0 N–H and O–H groups in total. The van der Waals surface area contributed by atoms with Gasteiger partial charge in [0.05, 0.1) is 0 Å². The molecule has 0 heterocycles. The second-order valence-electron chi connectivity index (χ2n) is 4.70. The van der Waals surface area contributed by atoms with Gasteiger partial charge < -0.3 is 0 Å². The molecule has 0 aliphatic carbocycles. The maximum Gasteiger partial charge on any atom is 3.00 e. The average molecular weight is 351 g/mol. The van der Waals surface area contributed by atoms with E-state index in [1.54, 1.807) is 0 Å². The summed E-state index contributed by atoms with van der Waals surface area (Å²) in [6.45, 7) is 4.17. The van der Waals surface area contributed by atoms with Gasteiger partial charge in [-0.2, -0.15) is 78.9 Å². The number of alkyl halides is 3. The molecule has 0 aliphatic rings. The molecule has 4 heteroatoms. The molecule has 0 aliphatic heterocycles. The molecule has 3 aromatic carbocycles. The minimum absolute atomic E-state index is 0. The van der Waals surface area contributed by atoms with Crippen molar-refractivity contribution in [2.75, 3.05) is 0 Å². The van der Waals surface area contributed by atoms with Crippen LogP contribution in [0.2, 0.25) is 0 Å². The smallest absolute Gasteiger partial charge is 0.213 e. The molecule has 1 radical (unpaired) electrons. The maximum absolute atomic E-state index is 11.8. The third-order valence-corrected chi connectivity index (χ3v) is 2.67. The van der Waals surface area contributed by atoms with Crippen molar-refractivity contribution in [3.8, 4) is 0 Å². The molecule has 3 rings (SSSR count). The minimum Gasteiger partial charge on any atom is -0.213 e. The van der Waals surface area contributed by atoms with Gasteiger partial charge in [0.1, 0.15) is 0 Å². The van der Waals surface area contributed by atoms with Crippen molar-refractivity contribution >= 4 is 0 Å². The molecule has 0 saturated carbocycles. The van der Waals surface area contributed by atoms with Crippen LogP contribution in [0.1, 0.15) is 16.7 Å². The Labute approximate surface area is 150 Å². The fourth-order valence-electron chi connectivity index (χ4n) is 1.51. The molecule has 0 bridgehead atoms. The van der Waals surface area contributed by atoms with Crippen LogP contribution in [0.3, 0.4) is 0 Å². The van der Waals surface area contributed by atoms with Gasteiger partial charge in [0.2, 0.25) is 0 Å². The molecule has 0 amide bonds. The first kappa shape index (κ1) is 21.4. The summed E-state index contributed by atoms with van der Waals surface area (Å²) in [6.07, 6.45) is -4.26. The van der Waals surface area contributed by atoms with Crippen LogP contribution < -0.4 is 0 Å². The van der Waals surface area contributed by atoms with E-state index in [9.17, 15) is 13.2 Å².